The Kier molecular flexibility index (Phi) is 6.20. The van der Waals surface area contributed by atoms with Crippen molar-refractivity contribution in [1.29, 1.82) is 0 Å². The molecule has 0 aliphatic carbocycles. The van der Waals surface area contributed by atoms with Crippen LogP contribution >= 0.6 is 0 Å². The van der Waals surface area contributed by atoms with E-state index in [1.165, 1.54) is 16.7 Å². The van der Waals surface area contributed by atoms with Gasteiger partial charge in [0.1, 0.15) is 4.90 Å². The van der Waals surface area contributed by atoms with E-state index in [-0.39, 0.29) is 11.4 Å². The predicted octanol–water partition coefficient (Wildman–Crippen LogP) is 0.525. The highest BCUT2D eigenvalue weighted by Gasteiger charge is 2.23. The van der Waals surface area contributed by atoms with Crippen LogP contribution in [0.15, 0.2) is 17.3 Å². The highest BCUT2D eigenvalue weighted by atomic mass is 32.2. The van der Waals surface area contributed by atoms with Gasteiger partial charge in [-0.3, -0.25) is 4.68 Å². The van der Waals surface area contributed by atoms with Crippen molar-refractivity contribution in [3.63, 3.8) is 0 Å². The van der Waals surface area contributed by atoms with Gasteiger partial charge in [-0.05, 0) is 0 Å². The zero-order chi connectivity index (χ0) is 15.2. The maximum absolute atomic E-state index is 12.3. The van der Waals surface area contributed by atoms with Gasteiger partial charge in [0.2, 0.25) is 10.0 Å². The lowest BCUT2D eigenvalue weighted by atomic mass is 10.4. The molecule has 0 saturated heterocycles. The van der Waals surface area contributed by atoms with Crippen molar-refractivity contribution >= 4 is 10.0 Å². The predicted molar refractivity (Wildman–Crippen MR) is 78.6 cm³/mol. The first-order valence-electron chi connectivity index (χ1n) is 6.61. The summed E-state index contributed by atoms with van der Waals surface area (Å²) in [4.78, 5) is 0.180. The third-order valence-electron chi connectivity index (χ3n) is 2.76. The second-order valence-corrected chi connectivity index (χ2v) is 6.62. The normalized spacial score (nSPS) is 12.0. The van der Waals surface area contributed by atoms with E-state index < -0.39 is 10.0 Å². The van der Waals surface area contributed by atoms with E-state index in [9.17, 15) is 8.42 Å². The molecule has 0 spiro atoms. The largest absolute Gasteiger partial charge is 0.313 e. The number of terminal acetylenes is 1. The summed E-state index contributed by atoms with van der Waals surface area (Å²) in [6.45, 7) is 7.63. The first-order valence-corrected chi connectivity index (χ1v) is 8.05. The summed E-state index contributed by atoms with van der Waals surface area (Å²) in [7, 11) is -3.55. The van der Waals surface area contributed by atoms with E-state index >= 15 is 0 Å². The molecule has 0 bridgehead atoms. The van der Waals surface area contributed by atoms with Crippen LogP contribution in [-0.2, 0) is 16.6 Å². The lowest BCUT2D eigenvalue weighted by Gasteiger charge is -2.16. The first kappa shape index (κ1) is 16.7. The van der Waals surface area contributed by atoms with Crippen LogP contribution < -0.4 is 5.32 Å². The van der Waals surface area contributed by atoms with Crippen molar-refractivity contribution in [3.05, 3.63) is 12.4 Å². The number of nitrogens with zero attached hydrogens (tertiary/aromatic N) is 3. The number of aromatic nitrogens is 2. The average molecular weight is 298 g/mol. The molecule has 1 aromatic rings. The second kappa shape index (κ2) is 7.43. The van der Waals surface area contributed by atoms with Crippen LogP contribution in [0, 0.1) is 12.3 Å². The van der Waals surface area contributed by atoms with Gasteiger partial charge in [-0.1, -0.05) is 26.7 Å². The van der Waals surface area contributed by atoms with E-state index in [1.54, 1.807) is 11.6 Å². The number of hydrogen-bond acceptors (Lipinski definition) is 4. The fourth-order valence-corrected chi connectivity index (χ4v) is 3.00. The van der Waals surface area contributed by atoms with Crippen LogP contribution in [0.1, 0.15) is 20.8 Å². The highest BCUT2D eigenvalue weighted by molar-refractivity contribution is 7.89. The Balaban J connectivity index is 2.77. The number of nitrogens with one attached hydrogen (secondary N) is 1. The number of sulfonamides is 1. The van der Waals surface area contributed by atoms with Crippen molar-refractivity contribution in [2.24, 2.45) is 0 Å². The number of hydrogen-bond donors (Lipinski definition) is 1. The van der Waals surface area contributed by atoms with Gasteiger partial charge >= 0.3 is 0 Å². The van der Waals surface area contributed by atoms with Crippen molar-refractivity contribution < 1.29 is 8.42 Å². The Morgan fingerprint density at radius 1 is 1.55 bits per heavy atom. The molecule has 0 atom stereocenters. The Bertz CT molecular complexity index is 557. The maximum atomic E-state index is 12.3. The summed E-state index contributed by atoms with van der Waals surface area (Å²) in [5.74, 6) is 2.36. The summed E-state index contributed by atoms with van der Waals surface area (Å²) in [5.41, 5.74) is 0. The Hall–Kier alpha value is -1.36. The summed E-state index contributed by atoms with van der Waals surface area (Å²) in [5, 5.41) is 7.32. The minimum absolute atomic E-state index is 0.0684. The van der Waals surface area contributed by atoms with Crippen LogP contribution in [0.4, 0.5) is 0 Å². The lowest BCUT2D eigenvalue weighted by Crippen LogP contribution is -2.31. The minimum Gasteiger partial charge on any atom is -0.313 e. The Morgan fingerprint density at radius 2 is 2.25 bits per heavy atom. The highest BCUT2D eigenvalue weighted by Crippen LogP contribution is 2.14. The standard InChI is InChI=1S/C13H22N4O2S/c1-5-8-17(6-2)20(18,19)13-10-15-16(11-13)9-7-14-12(3)4/h1,10-12,14H,6-9H2,2-4H3. The molecule has 0 saturated carbocycles. The monoisotopic (exact) mass is 298 g/mol. The molecule has 1 N–H and O–H groups in total. The van der Waals surface area contributed by atoms with Gasteiger partial charge in [-0.15, -0.1) is 6.42 Å². The molecule has 1 rings (SSSR count). The number of rotatable bonds is 8. The van der Waals surface area contributed by atoms with Gasteiger partial charge < -0.3 is 5.32 Å². The molecule has 0 fully saturated rings. The molecule has 0 aromatic carbocycles. The van der Waals surface area contributed by atoms with E-state index in [2.05, 4.69) is 30.2 Å². The van der Waals surface area contributed by atoms with Crippen molar-refractivity contribution in [3.8, 4) is 12.3 Å². The van der Waals surface area contributed by atoms with E-state index in [1.807, 2.05) is 0 Å². The second-order valence-electron chi connectivity index (χ2n) is 4.68. The topological polar surface area (TPSA) is 67.2 Å². The molecule has 6 nitrogen and oxygen atoms in total. The van der Waals surface area contributed by atoms with Crippen molar-refractivity contribution in [2.45, 2.75) is 38.3 Å². The molecule has 0 unspecified atom stereocenters. The Morgan fingerprint density at radius 3 is 2.80 bits per heavy atom. The van der Waals surface area contributed by atoms with Gasteiger partial charge in [-0.25, -0.2) is 8.42 Å². The molecule has 0 radical (unpaired) electrons. The smallest absolute Gasteiger partial charge is 0.247 e. The van der Waals surface area contributed by atoms with Gasteiger partial charge in [0.25, 0.3) is 0 Å². The SMILES string of the molecule is C#CCN(CC)S(=O)(=O)c1cnn(CCNC(C)C)c1. The van der Waals surface area contributed by atoms with Gasteiger partial charge in [-0.2, -0.15) is 9.40 Å². The molecule has 1 aromatic heterocycles. The fraction of sp³-hybridized carbons (Fsp3) is 0.615. The zero-order valence-corrected chi connectivity index (χ0v) is 13.0. The van der Waals surface area contributed by atoms with E-state index in [0.717, 1.165) is 6.54 Å². The molecular formula is C13H22N4O2S. The third-order valence-corrected chi connectivity index (χ3v) is 4.63. The van der Waals surface area contributed by atoms with Crippen LogP contribution in [0.5, 0.6) is 0 Å². The fourth-order valence-electron chi connectivity index (χ4n) is 1.69. The average Bonchev–Trinajstić information content (AvgIpc) is 2.84. The van der Waals surface area contributed by atoms with Crippen molar-refractivity contribution in [2.75, 3.05) is 19.6 Å². The molecule has 0 amide bonds. The molecule has 112 valence electrons. The summed E-state index contributed by atoms with van der Waals surface area (Å²) in [6, 6.07) is 0.389. The molecule has 7 heteroatoms. The molecular weight excluding hydrogens is 276 g/mol. The van der Waals surface area contributed by atoms with Crippen LogP contribution in [0.25, 0.3) is 0 Å². The van der Waals surface area contributed by atoms with Crippen LogP contribution in [0.2, 0.25) is 0 Å². The third kappa shape index (κ3) is 4.34. The summed E-state index contributed by atoms with van der Waals surface area (Å²) < 4.78 is 27.5. The quantitative estimate of drug-likeness (QED) is 0.711. The van der Waals surface area contributed by atoms with Gasteiger partial charge in [0, 0.05) is 25.3 Å². The van der Waals surface area contributed by atoms with Crippen LogP contribution in [-0.4, -0.2) is 48.2 Å². The van der Waals surface area contributed by atoms with Gasteiger partial charge in [0.15, 0.2) is 0 Å². The van der Waals surface area contributed by atoms with E-state index in [0.29, 0.717) is 19.1 Å². The molecule has 0 aliphatic rings. The van der Waals surface area contributed by atoms with Crippen molar-refractivity contribution in [1.82, 2.24) is 19.4 Å². The Labute approximate surface area is 121 Å². The first-order chi connectivity index (χ1) is 9.41. The molecule has 20 heavy (non-hydrogen) atoms. The molecule has 0 aliphatic heterocycles. The van der Waals surface area contributed by atoms with E-state index in [4.69, 9.17) is 6.42 Å². The van der Waals surface area contributed by atoms with Gasteiger partial charge in [0.05, 0.1) is 19.3 Å². The van der Waals surface area contributed by atoms with Crippen LogP contribution in [0.3, 0.4) is 0 Å². The lowest BCUT2D eigenvalue weighted by molar-refractivity contribution is 0.463. The maximum Gasteiger partial charge on any atom is 0.247 e. The zero-order valence-electron chi connectivity index (χ0n) is 12.2. The molecule has 1 heterocycles. The summed E-state index contributed by atoms with van der Waals surface area (Å²) >= 11 is 0. The summed E-state index contributed by atoms with van der Waals surface area (Å²) in [6.07, 6.45) is 8.10. The minimum atomic E-state index is -3.55.